The van der Waals surface area contributed by atoms with Crippen LogP contribution in [0.15, 0.2) is 51.9 Å². The van der Waals surface area contributed by atoms with E-state index in [2.05, 4.69) is 19.6 Å². The first kappa shape index (κ1) is 20.5. The van der Waals surface area contributed by atoms with Crippen LogP contribution in [0.5, 0.6) is 5.75 Å². The maximum atomic E-state index is 12.7. The van der Waals surface area contributed by atoms with Gasteiger partial charge in [-0.15, -0.1) is 0 Å². The number of sulfonamides is 1. The molecular weight excluding hydrogens is 398 g/mol. The number of nitrogens with one attached hydrogen (secondary N) is 1. The number of hydrogen-bond donors (Lipinski definition) is 1. The quantitative estimate of drug-likeness (QED) is 0.582. The lowest BCUT2D eigenvalue weighted by molar-refractivity contribution is 0.0600. The second-order valence-corrected chi connectivity index (χ2v) is 7.77. The van der Waals surface area contributed by atoms with Gasteiger partial charge in [-0.05, 0) is 48.9 Å². The Morgan fingerprint density at radius 3 is 2.52 bits per heavy atom. The summed E-state index contributed by atoms with van der Waals surface area (Å²) >= 11 is 0. The van der Waals surface area contributed by atoms with Gasteiger partial charge in [-0.1, -0.05) is 11.2 Å². The minimum atomic E-state index is -3.92. The van der Waals surface area contributed by atoms with Crippen LogP contribution in [0.3, 0.4) is 0 Å². The number of nitrogens with zero attached hydrogens (tertiary/aromatic N) is 2. The van der Waals surface area contributed by atoms with Crippen LogP contribution in [-0.4, -0.2) is 38.7 Å². The first-order valence-corrected chi connectivity index (χ1v) is 9.98. The first-order valence-electron chi connectivity index (χ1n) is 8.49. The van der Waals surface area contributed by atoms with Gasteiger partial charge in [0.15, 0.2) is 0 Å². The first-order chi connectivity index (χ1) is 13.8. The summed E-state index contributed by atoms with van der Waals surface area (Å²) in [5.74, 6) is 0.490. The fraction of sp³-hybridized carbons (Fsp3) is 0.211. The number of benzene rings is 2. The molecule has 0 saturated carbocycles. The molecule has 0 radical (unpaired) electrons. The lowest BCUT2D eigenvalue weighted by Gasteiger charge is -2.09. The van der Waals surface area contributed by atoms with E-state index in [9.17, 15) is 13.2 Å². The molecule has 0 amide bonds. The molecule has 0 bridgehead atoms. The highest BCUT2D eigenvalue weighted by molar-refractivity contribution is 7.89. The van der Waals surface area contributed by atoms with Crippen LogP contribution >= 0.6 is 0 Å². The van der Waals surface area contributed by atoms with Crippen LogP contribution in [0.1, 0.15) is 21.8 Å². The topological polar surface area (TPSA) is 121 Å². The average Bonchev–Trinajstić information content (AvgIpc) is 3.21. The van der Waals surface area contributed by atoms with Gasteiger partial charge in [-0.2, -0.15) is 4.98 Å². The Morgan fingerprint density at radius 1 is 1.14 bits per heavy atom. The molecule has 0 aliphatic carbocycles. The maximum absolute atomic E-state index is 12.7. The number of hydrogen-bond acceptors (Lipinski definition) is 8. The highest BCUT2D eigenvalue weighted by Crippen LogP contribution is 2.21. The van der Waals surface area contributed by atoms with Crippen LogP contribution in [-0.2, 0) is 21.3 Å². The van der Waals surface area contributed by atoms with Crippen LogP contribution in [0.4, 0.5) is 0 Å². The summed E-state index contributed by atoms with van der Waals surface area (Å²) in [6.07, 6.45) is 0. The van der Waals surface area contributed by atoms with Crippen molar-refractivity contribution in [2.45, 2.75) is 18.4 Å². The van der Waals surface area contributed by atoms with Crippen molar-refractivity contribution in [1.29, 1.82) is 0 Å². The molecule has 10 heteroatoms. The Labute approximate surface area is 167 Å². The van der Waals surface area contributed by atoms with Crippen LogP contribution in [0.25, 0.3) is 11.4 Å². The van der Waals surface area contributed by atoms with E-state index < -0.39 is 16.0 Å². The van der Waals surface area contributed by atoms with Crippen molar-refractivity contribution in [3.63, 3.8) is 0 Å². The number of ether oxygens (including phenoxy) is 2. The van der Waals surface area contributed by atoms with Gasteiger partial charge < -0.3 is 14.0 Å². The monoisotopic (exact) mass is 417 g/mol. The third-order valence-corrected chi connectivity index (χ3v) is 5.67. The molecule has 0 spiro atoms. The van der Waals surface area contributed by atoms with Crippen molar-refractivity contribution in [3.05, 3.63) is 59.5 Å². The van der Waals surface area contributed by atoms with Gasteiger partial charge in [0.05, 0.1) is 31.2 Å². The molecular formula is C19H19N3O6S. The molecule has 152 valence electrons. The van der Waals surface area contributed by atoms with Crippen molar-refractivity contribution in [2.24, 2.45) is 0 Å². The SMILES string of the molecule is COC(=O)c1ccc(C)c(S(=O)(=O)NCc2nc(-c3ccc(OC)cc3)no2)c1. The third kappa shape index (κ3) is 4.61. The number of rotatable bonds is 7. The van der Waals surface area contributed by atoms with Crippen molar-refractivity contribution in [2.75, 3.05) is 14.2 Å². The second-order valence-electron chi connectivity index (χ2n) is 6.04. The van der Waals surface area contributed by atoms with E-state index in [1.807, 2.05) is 0 Å². The van der Waals surface area contributed by atoms with Gasteiger partial charge in [0.1, 0.15) is 5.75 Å². The van der Waals surface area contributed by atoms with E-state index in [0.717, 1.165) is 0 Å². The molecule has 29 heavy (non-hydrogen) atoms. The molecule has 0 unspecified atom stereocenters. The Kier molecular flexibility index (Phi) is 5.95. The highest BCUT2D eigenvalue weighted by Gasteiger charge is 2.20. The second kappa shape index (κ2) is 8.41. The Bertz CT molecular complexity index is 1120. The molecule has 1 aromatic heterocycles. The van der Waals surface area contributed by atoms with E-state index in [1.54, 1.807) is 38.3 Å². The Morgan fingerprint density at radius 2 is 1.86 bits per heavy atom. The summed E-state index contributed by atoms with van der Waals surface area (Å²) < 4.78 is 42.6. The summed E-state index contributed by atoms with van der Waals surface area (Å²) in [5, 5.41) is 3.86. The lowest BCUT2D eigenvalue weighted by atomic mass is 10.1. The number of esters is 1. The molecule has 3 aromatic rings. The molecule has 2 aromatic carbocycles. The fourth-order valence-corrected chi connectivity index (χ4v) is 3.80. The average molecular weight is 417 g/mol. The van der Waals surface area contributed by atoms with Crippen LogP contribution in [0, 0.1) is 6.92 Å². The maximum Gasteiger partial charge on any atom is 0.337 e. The van der Waals surface area contributed by atoms with E-state index >= 15 is 0 Å². The molecule has 9 nitrogen and oxygen atoms in total. The molecule has 0 saturated heterocycles. The van der Waals surface area contributed by atoms with E-state index in [-0.39, 0.29) is 22.9 Å². The largest absolute Gasteiger partial charge is 0.497 e. The zero-order valence-electron chi connectivity index (χ0n) is 16.0. The number of aryl methyl sites for hydroxylation is 1. The van der Waals surface area contributed by atoms with Gasteiger partial charge in [0.2, 0.25) is 21.7 Å². The molecule has 1 N–H and O–H groups in total. The van der Waals surface area contributed by atoms with Crippen molar-refractivity contribution in [3.8, 4) is 17.1 Å². The standard InChI is InChI=1S/C19H19N3O6S/c1-12-4-5-14(19(23)27-3)10-16(12)29(24,25)20-11-17-21-18(22-28-17)13-6-8-15(26-2)9-7-13/h4-10,20H,11H2,1-3H3. The normalized spacial score (nSPS) is 11.3. The smallest absolute Gasteiger partial charge is 0.337 e. The number of carbonyl (C=O) groups excluding carboxylic acids is 1. The molecule has 0 aliphatic heterocycles. The van der Waals surface area contributed by atoms with Crippen LogP contribution < -0.4 is 9.46 Å². The summed E-state index contributed by atoms with van der Waals surface area (Å²) in [4.78, 5) is 15.8. The van der Waals surface area contributed by atoms with Crippen LogP contribution in [0.2, 0.25) is 0 Å². The number of aromatic nitrogens is 2. The third-order valence-electron chi connectivity index (χ3n) is 4.13. The molecule has 1 heterocycles. The summed E-state index contributed by atoms with van der Waals surface area (Å²) in [6, 6.07) is 11.3. The number of methoxy groups -OCH3 is 2. The fourth-order valence-electron chi connectivity index (χ4n) is 2.55. The van der Waals surface area contributed by atoms with E-state index in [1.165, 1.54) is 25.3 Å². The van der Waals surface area contributed by atoms with E-state index in [0.29, 0.717) is 22.7 Å². The van der Waals surface area contributed by atoms with Gasteiger partial charge in [-0.3, -0.25) is 0 Å². The van der Waals surface area contributed by atoms with Crippen molar-refractivity contribution < 1.29 is 27.2 Å². The van der Waals surface area contributed by atoms with Gasteiger partial charge in [-0.25, -0.2) is 17.9 Å². The van der Waals surface area contributed by atoms with E-state index in [4.69, 9.17) is 9.26 Å². The molecule has 0 atom stereocenters. The van der Waals surface area contributed by atoms with Gasteiger partial charge >= 0.3 is 5.97 Å². The Hall–Kier alpha value is -3.24. The molecule has 0 aliphatic rings. The minimum Gasteiger partial charge on any atom is -0.497 e. The molecule has 3 rings (SSSR count). The summed E-state index contributed by atoms with van der Waals surface area (Å²) in [6.45, 7) is 1.43. The van der Waals surface area contributed by atoms with Crippen molar-refractivity contribution >= 4 is 16.0 Å². The van der Waals surface area contributed by atoms with Crippen molar-refractivity contribution in [1.82, 2.24) is 14.9 Å². The summed E-state index contributed by atoms with van der Waals surface area (Å²) in [5.41, 5.74) is 1.32. The Balaban J connectivity index is 1.76. The summed E-state index contributed by atoms with van der Waals surface area (Å²) in [7, 11) is -1.13. The number of carbonyl (C=O) groups is 1. The predicted octanol–water partition coefficient (Wildman–Crippen LogP) is 2.32. The zero-order valence-corrected chi connectivity index (χ0v) is 16.8. The van der Waals surface area contributed by atoms with Gasteiger partial charge in [0, 0.05) is 5.56 Å². The predicted molar refractivity (Wildman–Crippen MR) is 103 cm³/mol. The highest BCUT2D eigenvalue weighted by atomic mass is 32.2. The minimum absolute atomic E-state index is 0.0321. The lowest BCUT2D eigenvalue weighted by Crippen LogP contribution is -2.24. The zero-order chi connectivity index (χ0) is 21.0. The molecule has 0 fully saturated rings. The van der Waals surface area contributed by atoms with Gasteiger partial charge in [0.25, 0.3) is 0 Å².